The van der Waals surface area contributed by atoms with Crippen molar-refractivity contribution in [1.29, 1.82) is 0 Å². The second-order valence-electron chi connectivity index (χ2n) is 5.87. The van der Waals surface area contributed by atoms with E-state index in [4.69, 9.17) is 0 Å². The quantitative estimate of drug-likeness (QED) is 0.802. The number of halogens is 1. The van der Waals surface area contributed by atoms with Crippen LogP contribution in [0.4, 0.5) is 4.39 Å². The minimum atomic E-state index is -0.989. The van der Waals surface area contributed by atoms with Crippen molar-refractivity contribution in [2.75, 3.05) is 0 Å². The van der Waals surface area contributed by atoms with Crippen LogP contribution in [0.3, 0.4) is 0 Å². The molecule has 2 nitrogen and oxygen atoms in total. The molecule has 2 fully saturated rings. The molecule has 2 aliphatic heterocycles. The maximum absolute atomic E-state index is 14.2. The Balaban J connectivity index is 1.96. The zero-order valence-electron chi connectivity index (χ0n) is 10.7. The molecule has 2 atom stereocenters. The molecule has 1 aromatic rings. The molecule has 0 amide bonds. The topological polar surface area (TPSA) is 32.3 Å². The zero-order valence-corrected chi connectivity index (χ0v) is 10.7. The van der Waals surface area contributed by atoms with Gasteiger partial charge in [0.2, 0.25) is 0 Å². The number of hydrogen-bond acceptors (Lipinski definition) is 2. The van der Waals surface area contributed by atoms with Crippen molar-refractivity contribution in [2.45, 2.75) is 56.7 Å². The van der Waals surface area contributed by atoms with Gasteiger partial charge in [-0.1, -0.05) is 24.6 Å². The summed E-state index contributed by atoms with van der Waals surface area (Å²) in [5.74, 6) is -0.236. The van der Waals surface area contributed by atoms with E-state index >= 15 is 0 Å². The van der Waals surface area contributed by atoms with E-state index in [1.165, 1.54) is 6.42 Å². The summed E-state index contributed by atoms with van der Waals surface area (Å²) >= 11 is 0. The molecule has 0 aromatic heterocycles. The Hall–Kier alpha value is -0.930. The number of fused-ring (bicyclic) bond motifs is 2. The Morgan fingerprint density at radius 3 is 2.61 bits per heavy atom. The first-order valence-electron chi connectivity index (χ1n) is 6.82. The molecular weight excluding hydrogens is 229 g/mol. The van der Waals surface area contributed by atoms with E-state index in [2.05, 4.69) is 5.32 Å². The molecule has 1 aromatic carbocycles. The van der Waals surface area contributed by atoms with Crippen molar-refractivity contribution < 1.29 is 9.50 Å². The minimum Gasteiger partial charge on any atom is -0.385 e. The summed E-state index contributed by atoms with van der Waals surface area (Å²) in [6.45, 7) is 1.75. The van der Waals surface area contributed by atoms with Crippen molar-refractivity contribution in [2.24, 2.45) is 0 Å². The number of nitrogens with one attached hydrogen (secondary N) is 1. The summed E-state index contributed by atoms with van der Waals surface area (Å²) in [6, 6.07) is 6.00. The van der Waals surface area contributed by atoms with Crippen LogP contribution in [0.15, 0.2) is 18.2 Å². The third kappa shape index (κ3) is 1.95. The lowest BCUT2D eigenvalue weighted by Gasteiger charge is -2.45. The van der Waals surface area contributed by atoms with Gasteiger partial charge in [-0.15, -0.1) is 0 Å². The predicted molar refractivity (Wildman–Crippen MR) is 68.8 cm³/mol. The Kier molecular flexibility index (Phi) is 2.91. The van der Waals surface area contributed by atoms with Crippen LogP contribution in [0.5, 0.6) is 0 Å². The van der Waals surface area contributed by atoms with E-state index in [-0.39, 0.29) is 5.82 Å². The smallest absolute Gasteiger partial charge is 0.132 e. The van der Waals surface area contributed by atoms with E-state index in [1.54, 1.807) is 19.1 Å². The lowest BCUT2D eigenvalue weighted by molar-refractivity contribution is -0.0384. The first-order valence-corrected chi connectivity index (χ1v) is 6.82. The summed E-state index contributed by atoms with van der Waals surface area (Å²) < 4.78 is 14.2. The molecule has 2 bridgehead atoms. The molecule has 0 aliphatic carbocycles. The van der Waals surface area contributed by atoms with Crippen LogP contribution in [0.2, 0.25) is 0 Å². The molecule has 3 rings (SSSR count). The molecule has 0 spiro atoms. The maximum atomic E-state index is 14.2. The normalized spacial score (nSPS) is 35.5. The van der Waals surface area contributed by atoms with Gasteiger partial charge < -0.3 is 10.4 Å². The van der Waals surface area contributed by atoms with Crippen molar-refractivity contribution >= 4 is 0 Å². The molecule has 98 valence electrons. The Labute approximate surface area is 107 Å². The lowest BCUT2D eigenvalue weighted by Crippen LogP contribution is -2.54. The summed E-state index contributed by atoms with van der Waals surface area (Å²) in [5.41, 5.74) is 0.113. The second kappa shape index (κ2) is 4.32. The van der Waals surface area contributed by atoms with Gasteiger partial charge in [0, 0.05) is 17.6 Å². The molecule has 0 saturated carbocycles. The van der Waals surface area contributed by atoms with Gasteiger partial charge in [-0.2, -0.15) is 0 Å². The van der Waals surface area contributed by atoms with Gasteiger partial charge in [-0.05, 0) is 38.2 Å². The highest BCUT2D eigenvalue weighted by molar-refractivity contribution is 5.31. The molecule has 2 unspecified atom stereocenters. The van der Waals surface area contributed by atoms with Crippen molar-refractivity contribution in [3.8, 4) is 0 Å². The van der Waals surface area contributed by atoms with Crippen molar-refractivity contribution in [3.63, 3.8) is 0 Å². The predicted octanol–water partition coefficient (Wildman–Crippen LogP) is 2.63. The van der Waals surface area contributed by atoms with Crippen molar-refractivity contribution in [3.05, 3.63) is 35.1 Å². The lowest BCUT2D eigenvalue weighted by atomic mass is 9.73. The van der Waals surface area contributed by atoms with Gasteiger partial charge in [0.05, 0.1) is 5.60 Å². The molecule has 2 heterocycles. The number of hydrogen-bond donors (Lipinski definition) is 2. The number of aryl methyl sites for hydroxylation is 1. The maximum Gasteiger partial charge on any atom is 0.132 e. The largest absolute Gasteiger partial charge is 0.385 e. The number of aliphatic hydroxyl groups is 1. The van der Waals surface area contributed by atoms with E-state index in [1.807, 2.05) is 6.07 Å². The number of piperidine rings is 2. The van der Waals surface area contributed by atoms with Crippen molar-refractivity contribution in [1.82, 2.24) is 5.32 Å². The summed E-state index contributed by atoms with van der Waals surface area (Å²) in [5, 5.41) is 14.4. The molecule has 2 aliphatic rings. The Morgan fingerprint density at radius 2 is 1.94 bits per heavy atom. The summed E-state index contributed by atoms with van der Waals surface area (Å²) in [6.07, 6.45) is 4.65. The second-order valence-corrected chi connectivity index (χ2v) is 5.87. The molecule has 0 radical (unpaired) electrons. The zero-order chi connectivity index (χ0) is 12.8. The van der Waals surface area contributed by atoms with Crippen LogP contribution in [-0.4, -0.2) is 17.2 Å². The highest BCUT2D eigenvalue weighted by Crippen LogP contribution is 2.40. The molecule has 2 N–H and O–H groups in total. The average molecular weight is 249 g/mol. The highest BCUT2D eigenvalue weighted by atomic mass is 19.1. The average Bonchev–Trinajstić information content (AvgIpc) is 2.32. The summed E-state index contributed by atoms with van der Waals surface area (Å²) in [7, 11) is 0. The van der Waals surface area contributed by atoms with Crippen LogP contribution < -0.4 is 5.32 Å². The van der Waals surface area contributed by atoms with Crippen LogP contribution in [0.25, 0.3) is 0 Å². The first kappa shape index (κ1) is 12.1. The third-order valence-corrected chi connectivity index (χ3v) is 4.44. The molecule has 18 heavy (non-hydrogen) atoms. The minimum absolute atomic E-state index is 0.236. The van der Waals surface area contributed by atoms with E-state index in [0.29, 0.717) is 36.1 Å². The number of benzene rings is 1. The first-order chi connectivity index (χ1) is 8.58. The fraction of sp³-hybridized carbons (Fsp3) is 0.600. The summed E-state index contributed by atoms with van der Waals surface area (Å²) in [4.78, 5) is 0. The number of rotatable bonds is 1. The monoisotopic (exact) mass is 249 g/mol. The molecule has 2 saturated heterocycles. The van der Waals surface area contributed by atoms with Gasteiger partial charge in [-0.25, -0.2) is 4.39 Å². The van der Waals surface area contributed by atoms with Gasteiger partial charge in [-0.3, -0.25) is 0 Å². The fourth-order valence-corrected chi connectivity index (χ4v) is 3.56. The standard InChI is InChI=1S/C15H20FNO/c1-10-4-2-7-13(14(10)16)15(18)8-11-5-3-6-12(9-15)17-11/h2,4,7,11-12,17-18H,3,5-6,8-9H2,1H3. The van der Waals surface area contributed by atoms with Gasteiger partial charge in [0.25, 0.3) is 0 Å². The van der Waals surface area contributed by atoms with Gasteiger partial charge in [0.1, 0.15) is 5.82 Å². The molecular formula is C15H20FNO. The highest BCUT2D eigenvalue weighted by Gasteiger charge is 2.43. The van der Waals surface area contributed by atoms with Gasteiger partial charge in [0.15, 0.2) is 0 Å². The van der Waals surface area contributed by atoms with E-state index in [9.17, 15) is 9.50 Å². The Morgan fingerprint density at radius 1 is 1.28 bits per heavy atom. The fourth-order valence-electron chi connectivity index (χ4n) is 3.56. The third-order valence-electron chi connectivity index (χ3n) is 4.44. The SMILES string of the molecule is Cc1cccc(C2(O)CC3CCCC(C2)N3)c1F. The van der Waals surface area contributed by atoms with Crippen LogP contribution in [-0.2, 0) is 5.60 Å². The van der Waals surface area contributed by atoms with Gasteiger partial charge >= 0.3 is 0 Å². The molecule has 3 heteroatoms. The van der Waals surface area contributed by atoms with E-state index < -0.39 is 5.60 Å². The van der Waals surface area contributed by atoms with Crippen LogP contribution >= 0.6 is 0 Å². The van der Waals surface area contributed by atoms with Crippen LogP contribution in [0, 0.1) is 12.7 Å². The Bertz CT molecular complexity index is 448. The van der Waals surface area contributed by atoms with E-state index in [0.717, 1.165) is 12.8 Å². The van der Waals surface area contributed by atoms with Crippen LogP contribution in [0.1, 0.15) is 43.2 Å².